The lowest BCUT2D eigenvalue weighted by molar-refractivity contribution is 0.0696. The van der Waals surface area contributed by atoms with Gasteiger partial charge < -0.3 is 15.0 Å². The minimum atomic E-state index is -0.952. The van der Waals surface area contributed by atoms with E-state index in [9.17, 15) is 14.7 Å². The van der Waals surface area contributed by atoms with Crippen molar-refractivity contribution in [1.29, 1.82) is 0 Å². The van der Waals surface area contributed by atoms with E-state index in [1.807, 2.05) is 30.3 Å². The highest BCUT2D eigenvalue weighted by molar-refractivity contribution is 5.95. The summed E-state index contributed by atoms with van der Waals surface area (Å²) in [4.78, 5) is 28.6. The summed E-state index contributed by atoms with van der Waals surface area (Å²) in [6, 6.07) is 13.0. The number of carboxylic acid groups (broad SMARTS) is 1. The lowest BCUT2D eigenvalue weighted by atomic mass is 10.1. The Kier molecular flexibility index (Phi) is 6.07. The van der Waals surface area contributed by atoms with E-state index in [1.54, 1.807) is 12.1 Å². The van der Waals surface area contributed by atoms with Crippen LogP contribution in [0.4, 0.5) is 0 Å². The van der Waals surface area contributed by atoms with Gasteiger partial charge in [-0.15, -0.1) is 0 Å². The third-order valence-corrected chi connectivity index (χ3v) is 6.04. The molecule has 1 aliphatic carbocycles. The number of carbonyl (C=O) groups excluding carboxylic acids is 1. The van der Waals surface area contributed by atoms with E-state index in [4.69, 9.17) is 4.98 Å². The third-order valence-electron chi connectivity index (χ3n) is 6.04. The normalized spacial score (nSPS) is 14.4. The predicted molar refractivity (Wildman–Crippen MR) is 121 cm³/mol. The summed E-state index contributed by atoms with van der Waals surface area (Å²) in [5.41, 5.74) is 3.45. The lowest BCUT2D eigenvalue weighted by Crippen LogP contribution is -2.25. The lowest BCUT2D eigenvalue weighted by Gasteiger charge is -2.17. The van der Waals surface area contributed by atoms with Gasteiger partial charge in [0.1, 0.15) is 5.82 Å². The van der Waals surface area contributed by atoms with Gasteiger partial charge in [0.2, 0.25) is 0 Å². The average molecular weight is 420 g/mol. The number of fused-ring (bicyclic) bond motifs is 1. The van der Waals surface area contributed by atoms with Crippen LogP contribution in [0.1, 0.15) is 72.7 Å². The van der Waals surface area contributed by atoms with Crippen LogP contribution in [0, 0.1) is 5.92 Å². The summed E-state index contributed by atoms with van der Waals surface area (Å²) < 4.78 is 2.26. The van der Waals surface area contributed by atoms with Gasteiger partial charge in [0.25, 0.3) is 5.91 Å². The fourth-order valence-electron chi connectivity index (χ4n) is 4.31. The first kappa shape index (κ1) is 21.1. The van der Waals surface area contributed by atoms with Crippen molar-refractivity contribution in [2.75, 3.05) is 6.54 Å². The molecular formula is C25H29N3O3. The maximum absolute atomic E-state index is 12.4. The summed E-state index contributed by atoms with van der Waals surface area (Å²) in [6.45, 7) is 4.94. The highest BCUT2D eigenvalue weighted by Crippen LogP contribution is 2.37. The molecule has 0 spiro atoms. The monoisotopic (exact) mass is 419 g/mol. The van der Waals surface area contributed by atoms with E-state index in [-0.39, 0.29) is 11.5 Å². The summed E-state index contributed by atoms with van der Waals surface area (Å²) in [6.07, 6.45) is 5.51. The van der Waals surface area contributed by atoms with Gasteiger partial charge in [-0.1, -0.05) is 38.8 Å². The van der Waals surface area contributed by atoms with Crippen LogP contribution in [0.3, 0.4) is 0 Å². The number of rotatable bonds is 7. The van der Waals surface area contributed by atoms with Crippen molar-refractivity contribution in [3.05, 3.63) is 53.6 Å². The van der Waals surface area contributed by atoms with Crippen molar-refractivity contribution < 1.29 is 14.7 Å². The number of nitrogens with zero attached hydrogens (tertiary/aromatic N) is 2. The van der Waals surface area contributed by atoms with E-state index in [0.29, 0.717) is 29.6 Å². The summed E-state index contributed by atoms with van der Waals surface area (Å²) in [7, 11) is 0. The standard InChI is InChI=1S/C25H29N3O3/c1-16(2)13-14-26-24(29)18-9-7-17(8-10-18)23-27-21-15-19(25(30)31)11-12-22(21)28(23)20-5-3-4-6-20/h7-12,15-16,20H,3-6,13-14H2,1-2H3,(H,26,29)(H,30,31). The zero-order valence-corrected chi connectivity index (χ0v) is 18.1. The molecule has 1 aliphatic rings. The number of amides is 1. The Bertz CT molecular complexity index is 1090. The number of carbonyl (C=O) groups is 2. The molecule has 6 nitrogen and oxygen atoms in total. The van der Waals surface area contributed by atoms with Crippen LogP contribution in [-0.4, -0.2) is 33.1 Å². The van der Waals surface area contributed by atoms with Gasteiger partial charge in [-0.05, 0) is 55.5 Å². The van der Waals surface area contributed by atoms with Crippen LogP contribution in [0.25, 0.3) is 22.4 Å². The fourth-order valence-corrected chi connectivity index (χ4v) is 4.31. The van der Waals surface area contributed by atoms with Gasteiger partial charge in [0, 0.05) is 23.7 Å². The van der Waals surface area contributed by atoms with E-state index in [1.165, 1.54) is 12.8 Å². The molecule has 31 heavy (non-hydrogen) atoms. The minimum Gasteiger partial charge on any atom is -0.478 e. The predicted octanol–water partition coefficient (Wildman–Crippen LogP) is 5.29. The molecule has 1 heterocycles. The molecule has 2 aromatic carbocycles. The maximum Gasteiger partial charge on any atom is 0.335 e. The minimum absolute atomic E-state index is 0.0670. The van der Waals surface area contributed by atoms with Gasteiger partial charge in [0.15, 0.2) is 0 Å². The summed E-state index contributed by atoms with van der Waals surface area (Å²) >= 11 is 0. The van der Waals surface area contributed by atoms with E-state index in [2.05, 4.69) is 23.7 Å². The summed E-state index contributed by atoms with van der Waals surface area (Å²) in [5.74, 6) is 0.360. The largest absolute Gasteiger partial charge is 0.478 e. The number of carboxylic acids is 1. The Morgan fingerprint density at radius 3 is 2.42 bits per heavy atom. The zero-order valence-electron chi connectivity index (χ0n) is 18.1. The quantitative estimate of drug-likeness (QED) is 0.545. The van der Waals surface area contributed by atoms with Crippen LogP contribution in [0.2, 0.25) is 0 Å². The van der Waals surface area contributed by atoms with Gasteiger partial charge in [-0.25, -0.2) is 9.78 Å². The highest BCUT2D eigenvalue weighted by atomic mass is 16.4. The fraction of sp³-hybridized carbons (Fsp3) is 0.400. The molecule has 6 heteroatoms. The van der Waals surface area contributed by atoms with Gasteiger partial charge in [-0.3, -0.25) is 4.79 Å². The van der Waals surface area contributed by atoms with Crippen LogP contribution in [0.5, 0.6) is 0 Å². The number of aromatic carboxylic acids is 1. The second kappa shape index (κ2) is 8.92. The molecule has 1 amide bonds. The molecule has 4 rings (SSSR count). The number of benzene rings is 2. The molecule has 1 fully saturated rings. The van der Waals surface area contributed by atoms with Crippen molar-refractivity contribution in [3.8, 4) is 11.4 Å². The molecule has 0 atom stereocenters. The first-order valence-electron chi connectivity index (χ1n) is 11.1. The van der Waals surface area contributed by atoms with Crippen molar-refractivity contribution in [2.24, 2.45) is 5.92 Å². The van der Waals surface area contributed by atoms with Crippen molar-refractivity contribution >= 4 is 22.9 Å². The van der Waals surface area contributed by atoms with Gasteiger partial charge in [-0.2, -0.15) is 0 Å². The first-order chi connectivity index (χ1) is 14.9. The van der Waals surface area contributed by atoms with E-state index >= 15 is 0 Å². The SMILES string of the molecule is CC(C)CCNC(=O)c1ccc(-c2nc3cc(C(=O)O)ccc3n2C2CCCC2)cc1. The van der Waals surface area contributed by atoms with E-state index < -0.39 is 5.97 Å². The molecular weight excluding hydrogens is 390 g/mol. The smallest absolute Gasteiger partial charge is 0.335 e. The molecule has 2 N–H and O–H groups in total. The first-order valence-corrected chi connectivity index (χ1v) is 11.1. The second-order valence-corrected chi connectivity index (χ2v) is 8.77. The average Bonchev–Trinajstić information content (AvgIpc) is 3.40. The van der Waals surface area contributed by atoms with Crippen LogP contribution in [-0.2, 0) is 0 Å². The molecule has 0 bridgehead atoms. The number of nitrogens with one attached hydrogen (secondary N) is 1. The third kappa shape index (κ3) is 4.48. The molecule has 0 radical (unpaired) electrons. The number of imidazole rings is 1. The van der Waals surface area contributed by atoms with Crippen LogP contribution >= 0.6 is 0 Å². The molecule has 0 saturated heterocycles. The van der Waals surface area contributed by atoms with Crippen molar-refractivity contribution in [3.63, 3.8) is 0 Å². The molecule has 1 aromatic heterocycles. The maximum atomic E-state index is 12.4. The van der Waals surface area contributed by atoms with E-state index in [0.717, 1.165) is 36.2 Å². The highest BCUT2D eigenvalue weighted by Gasteiger charge is 2.24. The zero-order chi connectivity index (χ0) is 22.0. The summed E-state index contributed by atoms with van der Waals surface area (Å²) in [5, 5.41) is 12.3. The molecule has 3 aromatic rings. The van der Waals surface area contributed by atoms with Crippen LogP contribution in [0.15, 0.2) is 42.5 Å². The Balaban J connectivity index is 1.67. The molecule has 162 valence electrons. The van der Waals surface area contributed by atoms with Gasteiger partial charge >= 0.3 is 5.97 Å². The molecule has 1 saturated carbocycles. The Hall–Kier alpha value is -3.15. The topological polar surface area (TPSA) is 84.2 Å². The Morgan fingerprint density at radius 1 is 1.10 bits per heavy atom. The van der Waals surface area contributed by atoms with Crippen molar-refractivity contribution in [1.82, 2.24) is 14.9 Å². The van der Waals surface area contributed by atoms with Crippen LogP contribution < -0.4 is 5.32 Å². The second-order valence-electron chi connectivity index (χ2n) is 8.77. The Labute approximate surface area is 182 Å². The number of aromatic nitrogens is 2. The number of hydrogen-bond donors (Lipinski definition) is 2. The van der Waals surface area contributed by atoms with Crippen molar-refractivity contribution in [2.45, 2.75) is 52.0 Å². The molecule has 0 unspecified atom stereocenters. The Morgan fingerprint density at radius 2 is 1.77 bits per heavy atom. The molecule has 0 aliphatic heterocycles. The van der Waals surface area contributed by atoms with Gasteiger partial charge in [0.05, 0.1) is 16.6 Å². The number of hydrogen-bond acceptors (Lipinski definition) is 3.